The van der Waals surface area contributed by atoms with Crippen LogP contribution in [-0.4, -0.2) is 63.6 Å². The zero-order valence-electron chi connectivity index (χ0n) is 12.7. The van der Waals surface area contributed by atoms with Crippen molar-refractivity contribution in [3.63, 3.8) is 0 Å². The van der Waals surface area contributed by atoms with Gasteiger partial charge >= 0.3 is 0 Å². The van der Waals surface area contributed by atoms with Crippen molar-refractivity contribution in [1.82, 2.24) is 4.90 Å². The molecule has 6 nitrogen and oxygen atoms in total. The third-order valence-corrected chi connectivity index (χ3v) is 5.47. The zero-order chi connectivity index (χ0) is 16.0. The average molecular weight is 326 g/mol. The van der Waals surface area contributed by atoms with Crippen LogP contribution < -0.4 is 5.32 Å². The number of anilines is 1. The van der Waals surface area contributed by atoms with Crippen molar-refractivity contribution in [3.05, 3.63) is 30.3 Å². The quantitative estimate of drug-likeness (QED) is 0.801. The van der Waals surface area contributed by atoms with Gasteiger partial charge in [0.25, 0.3) is 0 Å². The lowest BCUT2D eigenvalue weighted by Gasteiger charge is -2.28. The Bertz CT molecular complexity index is 589. The van der Waals surface area contributed by atoms with Gasteiger partial charge < -0.3 is 15.0 Å². The number of ether oxygens (including phenoxy) is 1. The second-order valence-corrected chi connectivity index (χ2v) is 7.59. The number of carbonyl (C=O) groups excluding carboxylic acids is 1. The van der Waals surface area contributed by atoms with Crippen LogP contribution in [0.25, 0.3) is 0 Å². The molecule has 1 aliphatic heterocycles. The summed E-state index contributed by atoms with van der Waals surface area (Å²) in [5.41, 5.74) is 0.863. The summed E-state index contributed by atoms with van der Waals surface area (Å²) in [6.07, 6.45) is 0.503. The number of amides is 1. The van der Waals surface area contributed by atoms with Gasteiger partial charge in [-0.1, -0.05) is 18.2 Å². The Morgan fingerprint density at radius 1 is 1.36 bits per heavy atom. The van der Waals surface area contributed by atoms with E-state index < -0.39 is 9.84 Å². The van der Waals surface area contributed by atoms with Crippen molar-refractivity contribution >= 4 is 21.4 Å². The van der Waals surface area contributed by atoms with E-state index in [-0.39, 0.29) is 30.0 Å². The highest BCUT2D eigenvalue weighted by Gasteiger charge is 2.34. The summed E-state index contributed by atoms with van der Waals surface area (Å²) >= 11 is 0. The van der Waals surface area contributed by atoms with Gasteiger partial charge in [0.15, 0.2) is 9.84 Å². The van der Waals surface area contributed by atoms with Gasteiger partial charge in [-0.3, -0.25) is 4.79 Å². The van der Waals surface area contributed by atoms with Crippen molar-refractivity contribution in [2.75, 3.05) is 43.6 Å². The largest absolute Gasteiger partial charge is 0.383 e. The standard InChI is InChI=1S/C15H22N2O4S/c1-21-9-8-17(14-7-10-22(19,20)12-14)15(18)11-16-13-5-3-2-4-6-13/h2-6,14,16H,7-12H2,1H3. The normalized spacial score (nSPS) is 19.8. The monoisotopic (exact) mass is 326 g/mol. The van der Waals surface area contributed by atoms with Crippen LogP contribution in [-0.2, 0) is 19.4 Å². The minimum atomic E-state index is -3.02. The molecular weight excluding hydrogens is 304 g/mol. The summed E-state index contributed by atoms with van der Waals surface area (Å²) in [7, 11) is -1.46. The van der Waals surface area contributed by atoms with Crippen molar-refractivity contribution in [2.45, 2.75) is 12.5 Å². The molecule has 1 aromatic rings. The predicted octanol–water partition coefficient (Wildman–Crippen LogP) is 0.761. The van der Waals surface area contributed by atoms with Crippen LogP contribution in [0.5, 0.6) is 0 Å². The molecule has 0 spiro atoms. The highest BCUT2D eigenvalue weighted by Crippen LogP contribution is 2.18. The van der Waals surface area contributed by atoms with Crippen molar-refractivity contribution < 1.29 is 17.9 Å². The number of nitrogens with one attached hydrogen (secondary N) is 1. The summed E-state index contributed by atoms with van der Waals surface area (Å²) < 4.78 is 28.3. The highest BCUT2D eigenvalue weighted by molar-refractivity contribution is 7.91. The fourth-order valence-electron chi connectivity index (χ4n) is 2.56. The Morgan fingerprint density at radius 3 is 2.68 bits per heavy atom. The molecule has 0 aromatic heterocycles. The van der Waals surface area contributed by atoms with Gasteiger partial charge in [-0.15, -0.1) is 0 Å². The molecule has 1 saturated heterocycles. The van der Waals surface area contributed by atoms with Crippen molar-refractivity contribution in [2.24, 2.45) is 0 Å². The van der Waals surface area contributed by atoms with Gasteiger partial charge in [0.05, 0.1) is 24.7 Å². The van der Waals surface area contributed by atoms with E-state index in [9.17, 15) is 13.2 Å². The molecule has 1 atom stereocenters. The van der Waals surface area contributed by atoms with E-state index in [0.717, 1.165) is 5.69 Å². The summed E-state index contributed by atoms with van der Waals surface area (Å²) in [5, 5.41) is 3.06. The molecule has 0 aliphatic carbocycles. The Morgan fingerprint density at radius 2 is 2.09 bits per heavy atom. The molecule has 1 fully saturated rings. The van der Waals surface area contributed by atoms with Gasteiger partial charge in [0.2, 0.25) is 5.91 Å². The number of hydrogen-bond acceptors (Lipinski definition) is 5. The lowest BCUT2D eigenvalue weighted by molar-refractivity contribution is -0.131. The van der Waals surface area contributed by atoms with E-state index in [1.165, 1.54) is 0 Å². The van der Waals surface area contributed by atoms with Gasteiger partial charge in [-0.2, -0.15) is 0 Å². The van der Waals surface area contributed by atoms with Gasteiger partial charge in [-0.25, -0.2) is 8.42 Å². The maximum Gasteiger partial charge on any atom is 0.242 e. The Kier molecular flexibility index (Phi) is 5.79. The third-order valence-electron chi connectivity index (χ3n) is 3.72. The third kappa shape index (κ3) is 4.71. The Hall–Kier alpha value is -1.60. The molecule has 1 N–H and O–H groups in total. The number of rotatable bonds is 7. The first-order chi connectivity index (χ1) is 10.5. The molecule has 7 heteroatoms. The molecule has 2 rings (SSSR count). The lowest BCUT2D eigenvalue weighted by atomic mass is 10.2. The van der Waals surface area contributed by atoms with Crippen LogP contribution in [0.4, 0.5) is 5.69 Å². The first-order valence-corrected chi connectivity index (χ1v) is 9.12. The second-order valence-electron chi connectivity index (χ2n) is 5.36. The van der Waals surface area contributed by atoms with E-state index >= 15 is 0 Å². The first-order valence-electron chi connectivity index (χ1n) is 7.29. The fraction of sp³-hybridized carbons (Fsp3) is 0.533. The van der Waals surface area contributed by atoms with Crippen molar-refractivity contribution in [3.8, 4) is 0 Å². The predicted molar refractivity (Wildman–Crippen MR) is 85.6 cm³/mol. The van der Waals surface area contributed by atoms with E-state index in [2.05, 4.69) is 5.32 Å². The van der Waals surface area contributed by atoms with Crippen LogP contribution in [0.15, 0.2) is 30.3 Å². The number of sulfone groups is 1. The number of benzene rings is 1. The SMILES string of the molecule is COCCN(C(=O)CNc1ccccc1)C1CCS(=O)(=O)C1. The number of methoxy groups -OCH3 is 1. The molecule has 1 aliphatic rings. The van der Waals surface area contributed by atoms with Crippen LogP contribution in [0.3, 0.4) is 0 Å². The summed E-state index contributed by atoms with van der Waals surface area (Å²) in [6, 6.07) is 9.20. The minimum absolute atomic E-state index is 0.0494. The van der Waals surface area contributed by atoms with E-state index in [4.69, 9.17) is 4.74 Å². The maximum absolute atomic E-state index is 12.4. The Labute approximate surface area is 131 Å². The lowest BCUT2D eigenvalue weighted by Crippen LogP contribution is -2.45. The molecule has 1 amide bonds. The van der Waals surface area contributed by atoms with Gasteiger partial charge in [0.1, 0.15) is 0 Å². The van der Waals surface area contributed by atoms with Crippen LogP contribution >= 0.6 is 0 Å². The minimum Gasteiger partial charge on any atom is -0.383 e. The molecule has 0 radical (unpaired) electrons. The second kappa shape index (κ2) is 7.60. The molecule has 0 saturated carbocycles. The smallest absolute Gasteiger partial charge is 0.242 e. The fourth-order valence-corrected chi connectivity index (χ4v) is 4.29. The topological polar surface area (TPSA) is 75.7 Å². The molecular formula is C15H22N2O4S. The van der Waals surface area contributed by atoms with Gasteiger partial charge in [0, 0.05) is 25.4 Å². The number of nitrogens with zero attached hydrogens (tertiary/aromatic N) is 1. The Balaban J connectivity index is 1.97. The van der Waals surface area contributed by atoms with E-state index in [1.54, 1.807) is 12.0 Å². The number of para-hydroxylation sites is 1. The summed E-state index contributed by atoms with van der Waals surface area (Å²) in [5.74, 6) is 0.0944. The molecule has 122 valence electrons. The van der Waals surface area contributed by atoms with Crippen LogP contribution in [0.1, 0.15) is 6.42 Å². The molecule has 0 bridgehead atoms. The van der Waals surface area contributed by atoms with Crippen LogP contribution in [0, 0.1) is 0 Å². The molecule has 22 heavy (non-hydrogen) atoms. The van der Waals surface area contributed by atoms with Gasteiger partial charge in [-0.05, 0) is 18.6 Å². The van der Waals surface area contributed by atoms with Crippen molar-refractivity contribution in [1.29, 1.82) is 0 Å². The zero-order valence-corrected chi connectivity index (χ0v) is 13.5. The maximum atomic E-state index is 12.4. The highest BCUT2D eigenvalue weighted by atomic mass is 32.2. The molecule has 1 unspecified atom stereocenters. The first kappa shape index (κ1) is 16.8. The number of hydrogen-bond donors (Lipinski definition) is 1. The summed E-state index contributed by atoms with van der Waals surface area (Å²) in [4.78, 5) is 14.1. The molecule has 1 heterocycles. The summed E-state index contributed by atoms with van der Waals surface area (Å²) in [6.45, 7) is 0.948. The number of carbonyl (C=O) groups is 1. The van der Waals surface area contributed by atoms with Crippen LogP contribution in [0.2, 0.25) is 0 Å². The van der Waals surface area contributed by atoms with E-state index in [1.807, 2.05) is 30.3 Å². The van der Waals surface area contributed by atoms with E-state index in [0.29, 0.717) is 19.6 Å². The average Bonchev–Trinajstić information content (AvgIpc) is 2.86. The molecule has 1 aromatic carbocycles.